The summed E-state index contributed by atoms with van der Waals surface area (Å²) in [4.78, 5) is 20.9. The van der Waals surface area contributed by atoms with Crippen LogP contribution in [-0.4, -0.2) is 15.9 Å². The minimum absolute atomic E-state index is 0.107. The van der Waals surface area contributed by atoms with Crippen LogP contribution < -0.4 is 5.32 Å². The van der Waals surface area contributed by atoms with Crippen molar-refractivity contribution in [2.45, 2.75) is 32.6 Å². The minimum Gasteiger partial charge on any atom is -0.326 e. The number of nitrogens with one attached hydrogen (secondary N) is 1. The summed E-state index contributed by atoms with van der Waals surface area (Å²) >= 11 is 3.35. The van der Waals surface area contributed by atoms with E-state index >= 15 is 0 Å². The van der Waals surface area contributed by atoms with Crippen molar-refractivity contribution >= 4 is 34.3 Å². The zero-order valence-corrected chi connectivity index (χ0v) is 15.0. The van der Waals surface area contributed by atoms with Gasteiger partial charge in [-0.2, -0.15) is 0 Å². The molecule has 1 N–H and O–H groups in total. The molecule has 0 radical (unpaired) electrons. The van der Waals surface area contributed by atoms with Crippen LogP contribution in [0.4, 0.5) is 5.69 Å². The summed E-state index contributed by atoms with van der Waals surface area (Å²) in [6.07, 6.45) is 3.21. The second-order valence-electron chi connectivity index (χ2n) is 5.93. The Labute approximate surface area is 148 Å². The number of amides is 1. The number of benzene rings is 1. The maximum Gasteiger partial charge on any atom is 0.224 e. The molecule has 1 aliphatic rings. The Bertz CT molecular complexity index is 897. The van der Waals surface area contributed by atoms with Gasteiger partial charge in [-0.3, -0.25) is 4.79 Å². The summed E-state index contributed by atoms with van der Waals surface area (Å²) in [7, 11) is 0. The fraction of sp³-hybridized carbons (Fsp3) is 0.278. The van der Waals surface area contributed by atoms with Gasteiger partial charge < -0.3 is 5.32 Å². The number of aromatic nitrogens is 2. The van der Waals surface area contributed by atoms with Crippen LogP contribution in [0, 0.1) is 6.92 Å². The first kappa shape index (κ1) is 15.5. The van der Waals surface area contributed by atoms with E-state index in [0.717, 1.165) is 51.9 Å². The molecule has 1 amide bonds. The molecule has 0 saturated heterocycles. The highest BCUT2D eigenvalue weighted by atomic mass is 32.1. The van der Waals surface area contributed by atoms with Crippen LogP contribution >= 0.6 is 22.7 Å². The molecule has 4 nitrogen and oxygen atoms in total. The van der Waals surface area contributed by atoms with Crippen LogP contribution in [0.3, 0.4) is 0 Å². The largest absolute Gasteiger partial charge is 0.326 e. The Hall–Kier alpha value is -2.05. The number of carbonyl (C=O) groups is 1. The first-order chi connectivity index (χ1) is 11.7. The molecule has 24 heavy (non-hydrogen) atoms. The van der Waals surface area contributed by atoms with Gasteiger partial charge in [-0.15, -0.1) is 22.7 Å². The van der Waals surface area contributed by atoms with Crippen molar-refractivity contribution in [3.8, 4) is 11.3 Å². The van der Waals surface area contributed by atoms with Crippen LogP contribution in [0.5, 0.6) is 0 Å². The van der Waals surface area contributed by atoms with E-state index < -0.39 is 0 Å². The van der Waals surface area contributed by atoms with E-state index in [-0.39, 0.29) is 5.91 Å². The zero-order chi connectivity index (χ0) is 16.5. The lowest BCUT2D eigenvalue weighted by Gasteiger charge is -2.08. The van der Waals surface area contributed by atoms with Gasteiger partial charge in [-0.1, -0.05) is 6.07 Å². The number of anilines is 1. The molecule has 0 saturated carbocycles. The summed E-state index contributed by atoms with van der Waals surface area (Å²) < 4.78 is 0. The molecule has 0 spiro atoms. The topological polar surface area (TPSA) is 54.9 Å². The number of fused-ring (bicyclic) bond motifs is 1. The molecule has 0 fully saturated rings. The fourth-order valence-electron chi connectivity index (χ4n) is 2.90. The molecule has 0 bridgehead atoms. The molecule has 1 aliphatic heterocycles. The highest BCUT2D eigenvalue weighted by molar-refractivity contribution is 7.10. The monoisotopic (exact) mass is 355 g/mol. The molecule has 3 aromatic rings. The second kappa shape index (κ2) is 6.45. The van der Waals surface area contributed by atoms with Gasteiger partial charge in [0.25, 0.3) is 0 Å². The second-order valence-corrected chi connectivity index (χ2v) is 7.94. The maximum absolute atomic E-state index is 11.7. The predicted molar refractivity (Wildman–Crippen MR) is 98.8 cm³/mol. The average molecular weight is 355 g/mol. The molecule has 0 atom stereocenters. The molecule has 0 unspecified atom stereocenters. The summed E-state index contributed by atoms with van der Waals surface area (Å²) in [5.74, 6) is 0.107. The SMILES string of the molecule is Cc1nc(Cc2nc(-c3ccc4c(c3)CCCC(=O)N4)cs2)cs1. The molecule has 6 heteroatoms. The summed E-state index contributed by atoms with van der Waals surface area (Å²) in [5, 5.41) is 9.35. The summed E-state index contributed by atoms with van der Waals surface area (Å²) in [6.45, 7) is 2.02. The number of carbonyl (C=O) groups excluding carboxylic acids is 1. The quantitative estimate of drug-likeness (QED) is 0.755. The number of hydrogen-bond donors (Lipinski definition) is 1. The van der Waals surface area contributed by atoms with E-state index in [1.54, 1.807) is 22.7 Å². The predicted octanol–water partition coefficient (Wildman–Crippen LogP) is 4.44. The summed E-state index contributed by atoms with van der Waals surface area (Å²) in [5.41, 5.74) is 5.34. The van der Waals surface area contributed by atoms with Crippen molar-refractivity contribution in [3.05, 3.63) is 50.2 Å². The maximum atomic E-state index is 11.7. The third kappa shape index (κ3) is 3.25. The van der Waals surface area contributed by atoms with Gasteiger partial charge >= 0.3 is 0 Å². The standard InChI is InChI=1S/C18H17N3OS2/c1-11-19-14(9-23-11)8-18-21-16(10-24-18)13-5-6-15-12(7-13)3-2-4-17(22)20-15/h5-7,9-10H,2-4,8H2,1H3,(H,20,22). The van der Waals surface area contributed by atoms with Crippen molar-refractivity contribution in [3.63, 3.8) is 0 Å². The molecule has 4 rings (SSSR count). The first-order valence-electron chi connectivity index (χ1n) is 7.96. The van der Waals surface area contributed by atoms with E-state index in [4.69, 9.17) is 4.98 Å². The van der Waals surface area contributed by atoms with Gasteiger partial charge in [0.15, 0.2) is 0 Å². The number of rotatable bonds is 3. The van der Waals surface area contributed by atoms with Gasteiger partial charge in [0, 0.05) is 34.9 Å². The Morgan fingerprint density at radius 1 is 1.17 bits per heavy atom. The molecule has 0 aliphatic carbocycles. The van der Waals surface area contributed by atoms with E-state index in [0.29, 0.717) is 6.42 Å². The van der Waals surface area contributed by atoms with E-state index in [1.165, 1.54) is 5.56 Å². The Morgan fingerprint density at radius 2 is 2.08 bits per heavy atom. The van der Waals surface area contributed by atoms with Crippen LogP contribution in [0.25, 0.3) is 11.3 Å². The average Bonchev–Trinajstić information content (AvgIpc) is 3.13. The van der Waals surface area contributed by atoms with Crippen molar-refractivity contribution in [1.29, 1.82) is 0 Å². The lowest BCUT2D eigenvalue weighted by atomic mass is 10.0. The van der Waals surface area contributed by atoms with Crippen LogP contribution in [0.1, 0.15) is 34.1 Å². The van der Waals surface area contributed by atoms with Gasteiger partial charge in [-0.05, 0) is 37.5 Å². The van der Waals surface area contributed by atoms with Crippen LogP contribution in [0.15, 0.2) is 29.0 Å². The lowest BCUT2D eigenvalue weighted by molar-refractivity contribution is -0.116. The Balaban J connectivity index is 1.58. The van der Waals surface area contributed by atoms with Gasteiger partial charge in [0.1, 0.15) is 0 Å². The fourth-order valence-corrected chi connectivity index (χ4v) is 4.33. The molecular formula is C18H17N3OS2. The highest BCUT2D eigenvalue weighted by Crippen LogP contribution is 2.29. The number of nitrogens with zero attached hydrogens (tertiary/aromatic N) is 2. The smallest absolute Gasteiger partial charge is 0.224 e. The van der Waals surface area contributed by atoms with E-state index in [1.807, 2.05) is 19.1 Å². The molecule has 2 aromatic heterocycles. The van der Waals surface area contributed by atoms with E-state index in [9.17, 15) is 4.79 Å². The Morgan fingerprint density at radius 3 is 2.92 bits per heavy atom. The number of thiazole rings is 2. The van der Waals surface area contributed by atoms with Crippen molar-refractivity contribution in [1.82, 2.24) is 9.97 Å². The van der Waals surface area contributed by atoms with Gasteiger partial charge in [0.05, 0.1) is 21.4 Å². The Kier molecular flexibility index (Phi) is 4.16. The minimum atomic E-state index is 0.107. The van der Waals surface area contributed by atoms with Crippen molar-refractivity contribution < 1.29 is 4.79 Å². The van der Waals surface area contributed by atoms with Crippen LogP contribution in [0.2, 0.25) is 0 Å². The summed E-state index contributed by atoms with van der Waals surface area (Å²) in [6, 6.07) is 6.19. The van der Waals surface area contributed by atoms with Gasteiger partial charge in [0.2, 0.25) is 5.91 Å². The highest BCUT2D eigenvalue weighted by Gasteiger charge is 2.14. The molecule has 3 heterocycles. The normalized spacial score (nSPS) is 14.1. The first-order valence-corrected chi connectivity index (χ1v) is 9.72. The third-order valence-corrected chi connectivity index (χ3v) is 5.75. The third-order valence-electron chi connectivity index (χ3n) is 4.08. The molecular weight excluding hydrogens is 338 g/mol. The van der Waals surface area contributed by atoms with E-state index in [2.05, 4.69) is 27.1 Å². The molecule has 1 aromatic carbocycles. The lowest BCUT2D eigenvalue weighted by Crippen LogP contribution is -2.09. The molecule has 122 valence electrons. The van der Waals surface area contributed by atoms with Gasteiger partial charge in [-0.25, -0.2) is 9.97 Å². The van der Waals surface area contributed by atoms with Crippen molar-refractivity contribution in [2.75, 3.05) is 5.32 Å². The number of aryl methyl sites for hydroxylation is 2. The number of hydrogen-bond acceptors (Lipinski definition) is 5. The zero-order valence-electron chi connectivity index (χ0n) is 13.3. The van der Waals surface area contributed by atoms with Crippen LogP contribution in [-0.2, 0) is 17.6 Å². The van der Waals surface area contributed by atoms with Crippen molar-refractivity contribution in [2.24, 2.45) is 0 Å².